The Balaban J connectivity index is 2.72. The first-order valence-electron chi connectivity index (χ1n) is 4.66. The van der Waals surface area contributed by atoms with Crippen molar-refractivity contribution in [1.29, 1.82) is 0 Å². The van der Waals surface area contributed by atoms with Crippen molar-refractivity contribution in [3.63, 3.8) is 0 Å². The summed E-state index contributed by atoms with van der Waals surface area (Å²) in [7, 11) is -4.74. The lowest BCUT2D eigenvalue weighted by Crippen LogP contribution is -2.36. The van der Waals surface area contributed by atoms with E-state index in [2.05, 4.69) is 0 Å². The van der Waals surface area contributed by atoms with Crippen molar-refractivity contribution in [1.82, 2.24) is 4.90 Å². The highest BCUT2D eigenvalue weighted by Crippen LogP contribution is 2.22. The summed E-state index contributed by atoms with van der Waals surface area (Å²) in [6, 6.07) is -0.628. The summed E-state index contributed by atoms with van der Waals surface area (Å²) in [6.07, 6.45) is -0.701. The molecular weight excluding hydrogens is 241 g/mol. The van der Waals surface area contributed by atoms with E-state index in [0.29, 0.717) is 0 Å². The number of hydrogen-bond donors (Lipinski definition) is 1. The van der Waals surface area contributed by atoms with Crippen LogP contribution in [0.4, 0.5) is 3.89 Å². The van der Waals surface area contributed by atoms with Gasteiger partial charge in [-0.2, -0.15) is 8.42 Å². The van der Waals surface area contributed by atoms with Crippen LogP contribution in [0.5, 0.6) is 0 Å². The van der Waals surface area contributed by atoms with Crippen LogP contribution in [-0.2, 0) is 19.8 Å². The summed E-state index contributed by atoms with van der Waals surface area (Å²) in [5.74, 6) is -1.62. The Morgan fingerprint density at radius 2 is 2.25 bits per heavy atom. The van der Waals surface area contributed by atoms with Gasteiger partial charge in [0.15, 0.2) is 0 Å². The molecule has 0 aromatic carbocycles. The number of carboxylic acid groups (broad SMARTS) is 1. The molecule has 0 aliphatic carbocycles. The molecule has 0 bridgehead atoms. The van der Waals surface area contributed by atoms with Crippen LogP contribution in [0, 0.1) is 0 Å². The molecule has 2 unspecified atom stereocenters. The van der Waals surface area contributed by atoms with Crippen molar-refractivity contribution in [2.75, 3.05) is 6.54 Å². The van der Waals surface area contributed by atoms with Gasteiger partial charge in [0.05, 0.1) is 6.42 Å². The van der Waals surface area contributed by atoms with Crippen LogP contribution in [0.15, 0.2) is 0 Å². The number of carbonyl (C=O) groups excluding carboxylic acids is 1. The molecule has 0 aromatic heterocycles. The lowest BCUT2D eigenvalue weighted by molar-refractivity contribution is -0.139. The fourth-order valence-corrected chi connectivity index (χ4v) is 2.36. The van der Waals surface area contributed by atoms with E-state index in [9.17, 15) is 21.9 Å². The first kappa shape index (κ1) is 12.9. The number of aliphatic carboxylic acids is 1. The number of amides is 1. The summed E-state index contributed by atoms with van der Waals surface area (Å²) in [4.78, 5) is 22.9. The van der Waals surface area contributed by atoms with E-state index in [1.165, 1.54) is 6.92 Å². The van der Waals surface area contributed by atoms with Crippen LogP contribution in [0.3, 0.4) is 0 Å². The molecule has 8 heteroatoms. The van der Waals surface area contributed by atoms with Gasteiger partial charge in [-0.1, -0.05) is 0 Å². The third-order valence-corrected chi connectivity index (χ3v) is 3.64. The topological polar surface area (TPSA) is 91.8 Å². The van der Waals surface area contributed by atoms with E-state index in [4.69, 9.17) is 5.11 Å². The molecule has 1 N–H and O–H groups in total. The minimum absolute atomic E-state index is 0.272. The summed E-state index contributed by atoms with van der Waals surface area (Å²) >= 11 is 0. The van der Waals surface area contributed by atoms with Crippen LogP contribution >= 0.6 is 0 Å². The van der Waals surface area contributed by atoms with Crippen molar-refractivity contribution in [2.45, 2.75) is 31.1 Å². The minimum Gasteiger partial charge on any atom is -0.481 e. The Labute approximate surface area is 92.3 Å². The van der Waals surface area contributed by atoms with Gasteiger partial charge < -0.3 is 10.0 Å². The number of carbonyl (C=O) groups is 2. The Bertz CT molecular complexity index is 407. The first-order valence-corrected chi connectivity index (χ1v) is 6.11. The quantitative estimate of drug-likeness (QED) is 0.697. The number of likely N-dealkylation sites (tertiary alicyclic amines) is 1. The maximum absolute atomic E-state index is 12.6. The molecule has 16 heavy (non-hydrogen) atoms. The van der Waals surface area contributed by atoms with Crippen LogP contribution in [0.1, 0.15) is 19.8 Å². The second kappa shape index (κ2) is 4.36. The molecule has 1 amide bonds. The standard InChI is InChI=1S/C8H12FNO5S/c1-5(2-8(12)13)10-4-6(3-7(10)11)16(9,14)15/h5-6H,2-4H2,1H3,(H,12,13). The molecule has 1 aliphatic heterocycles. The van der Waals surface area contributed by atoms with Crippen LogP contribution < -0.4 is 0 Å². The Morgan fingerprint density at radius 3 is 2.62 bits per heavy atom. The summed E-state index contributed by atoms with van der Waals surface area (Å²) < 4.78 is 33.9. The molecular formula is C8H12FNO5S. The molecule has 1 fully saturated rings. The molecule has 0 saturated carbocycles. The predicted molar refractivity (Wildman–Crippen MR) is 51.9 cm³/mol. The molecule has 6 nitrogen and oxygen atoms in total. The predicted octanol–water partition coefficient (Wildman–Crippen LogP) is -0.250. The van der Waals surface area contributed by atoms with E-state index < -0.39 is 39.8 Å². The number of halogens is 1. The normalized spacial score (nSPS) is 23.5. The Kier molecular flexibility index (Phi) is 3.51. The van der Waals surface area contributed by atoms with E-state index in [1.54, 1.807) is 0 Å². The van der Waals surface area contributed by atoms with E-state index in [0.717, 1.165) is 4.90 Å². The highest BCUT2D eigenvalue weighted by Gasteiger charge is 2.40. The molecule has 1 rings (SSSR count). The molecule has 0 aromatic rings. The average Bonchev–Trinajstić information content (AvgIpc) is 2.44. The van der Waals surface area contributed by atoms with Crippen LogP contribution in [0.25, 0.3) is 0 Å². The van der Waals surface area contributed by atoms with Crippen LogP contribution in [0.2, 0.25) is 0 Å². The first-order chi connectivity index (χ1) is 7.21. The summed E-state index contributed by atoms with van der Waals surface area (Å²) in [5, 5.41) is 7.16. The zero-order valence-electron chi connectivity index (χ0n) is 8.59. The molecule has 0 spiro atoms. The second-order valence-corrected chi connectivity index (χ2v) is 5.41. The fraction of sp³-hybridized carbons (Fsp3) is 0.750. The zero-order chi connectivity index (χ0) is 12.5. The third kappa shape index (κ3) is 2.91. The lowest BCUT2D eigenvalue weighted by Gasteiger charge is -2.22. The molecule has 1 saturated heterocycles. The highest BCUT2D eigenvalue weighted by molar-refractivity contribution is 7.87. The van der Waals surface area contributed by atoms with Gasteiger partial charge in [-0.3, -0.25) is 9.59 Å². The Hall–Kier alpha value is -1.18. The van der Waals surface area contributed by atoms with E-state index in [1.807, 2.05) is 0 Å². The monoisotopic (exact) mass is 253 g/mol. The number of rotatable bonds is 4. The lowest BCUT2D eigenvalue weighted by atomic mass is 10.2. The van der Waals surface area contributed by atoms with Crippen molar-refractivity contribution in [3.8, 4) is 0 Å². The van der Waals surface area contributed by atoms with Crippen LogP contribution in [-0.4, -0.2) is 48.1 Å². The van der Waals surface area contributed by atoms with Gasteiger partial charge in [0.2, 0.25) is 5.91 Å². The van der Waals surface area contributed by atoms with E-state index >= 15 is 0 Å². The number of nitrogens with zero attached hydrogens (tertiary/aromatic N) is 1. The second-order valence-electron chi connectivity index (χ2n) is 3.79. The molecule has 1 aliphatic rings. The third-order valence-electron chi connectivity index (χ3n) is 2.52. The van der Waals surface area contributed by atoms with Gasteiger partial charge in [-0.25, -0.2) is 0 Å². The van der Waals surface area contributed by atoms with E-state index in [-0.39, 0.29) is 13.0 Å². The van der Waals surface area contributed by atoms with Crippen molar-refractivity contribution in [3.05, 3.63) is 0 Å². The van der Waals surface area contributed by atoms with Gasteiger partial charge in [-0.05, 0) is 6.92 Å². The van der Waals surface area contributed by atoms with Gasteiger partial charge in [-0.15, -0.1) is 3.89 Å². The fourth-order valence-electron chi connectivity index (χ4n) is 1.68. The van der Waals surface area contributed by atoms with Gasteiger partial charge in [0, 0.05) is 19.0 Å². The summed E-state index contributed by atoms with van der Waals surface area (Å²) in [6.45, 7) is 1.21. The maximum Gasteiger partial charge on any atom is 0.307 e. The highest BCUT2D eigenvalue weighted by atomic mass is 32.3. The van der Waals surface area contributed by atoms with Crippen molar-refractivity contribution in [2.24, 2.45) is 0 Å². The summed E-state index contributed by atoms with van der Waals surface area (Å²) in [5.41, 5.74) is 0. The molecule has 0 radical (unpaired) electrons. The minimum atomic E-state index is -4.74. The largest absolute Gasteiger partial charge is 0.481 e. The Morgan fingerprint density at radius 1 is 1.69 bits per heavy atom. The van der Waals surface area contributed by atoms with Gasteiger partial charge in [0.25, 0.3) is 0 Å². The molecule has 2 atom stereocenters. The maximum atomic E-state index is 12.6. The zero-order valence-corrected chi connectivity index (χ0v) is 9.41. The van der Waals surface area contributed by atoms with Crippen molar-refractivity contribution < 1.29 is 27.0 Å². The molecule has 92 valence electrons. The molecule has 1 heterocycles. The average molecular weight is 253 g/mol. The van der Waals surface area contributed by atoms with Gasteiger partial charge in [0.1, 0.15) is 5.25 Å². The smallest absolute Gasteiger partial charge is 0.307 e. The number of hydrogen-bond acceptors (Lipinski definition) is 4. The van der Waals surface area contributed by atoms with Crippen molar-refractivity contribution >= 4 is 22.1 Å². The SMILES string of the molecule is CC(CC(=O)O)N1CC(S(=O)(=O)F)CC1=O. The number of carboxylic acids is 1. The van der Waals surface area contributed by atoms with Gasteiger partial charge >= 0.3 is 16.2 Å².